The molecule has 0 saturated heterocycles. The molecule has 0 radical (unpaired) electrons. The number of aliphatic carboxylic acids is 1. The van der Waals surface area contributed by atoms with Crippen LogP contribution in [-0.2, 0) is 4.79 Å². The van der Waals surface area contributed by atoms with Crippen LogP contribution < -0.4 is 10.9 Å². The van der Waals surface area contributed by atoms with E-state index in [0.29, 0.717) is 0 Å². The van der Waals surface area contributed by atoms with Crippen LogP contribution in [0.25, 0.3) is 0 Å². The first-order valence-corrected chi connectivity index (χ1v) is 4.84. The molecule has 1 unspecified atom stereocenters. The molecule has 0 fully saturated rings. The van der Waals surface area contributed by atoms with Crippen LogP contribution in [0.2, 0.25) is 0 Å². The standard InChI is InChI=1S/C10H12N2O5/c1-5(10(16)17)4-11-9(15)6-2-7(13)12-8(14)3-6/h2-3,5H,4H2,1H3,(H,11,15)(H,16,17)(H2,12,13,14). The third-order valence-electron chi connectivity index (χ3n) is 2.08. The Morgan fingerprint density at radius 3 is 2.65 bits per heavy atom. The summed E-state index contributed by atoms with van der Waals surface area (Å²) in [7, 11) is 0. The van der Waals surface area contributed by atoms with E-state index in [0.717, 1.165) is 12.1 Å². The second-order valence-corrected chi connectivity index (χ2v) is 3.57. The third kappa shape index (κ3) is 3.63. The zero-order valence-corrected chi connectivity index (χ0v) is 9.06. The molecule has 0 saturated carbocycles. The fraction of sp³-hybridized carbons (Fsp3) is 0.300. The van der Waals surface area contributed by atoms with Crippen molar-refractivity contribution >= 4 is 11.9 Å². The normalized spacial score (nSPS) is 11.8. The summed E-state index contributed by atoms with van der Waals surface area (Å²) in [6.45, 7) is 1.39. The monoisotopic (exact) mass is 240 g/mol. The van der Waals surface area contributed by atoms with Crippen molar-refractivity contribution in [1.82, 2.24) is 10.3 Å². The summed E-state index contributed by atoms with van der Waals surface area (Å²) < 4.78 is 0. The van der Waals surface area contributed by atoms with Crippen molar-refractivity contribution in [2.24, 2.45) is 5.92 Å². The van der Waals surface area contributed by atoms with E-state index in [1.54, 1.807) is 0 Å². The Morgan fingerprint density at radius 2 is 2.12 bits per heavy atom. The van der Waals surface area contributed by atoms with Gasteiger partial charge in [-0.1, -0.05) is 6.92 Å². The van der Waals surface area contributed by atoms with Crippen LogP contribution in [0.3, 0.4) is 0 Å². The molecule has 1 rings (SSSR count). The number of H-pyrrole nitrogens is 1. The quantitative estimate of drug-likeness (QED) is 0.567. The topological polar surface area (TPSA) is 119 Å². The minimum Gasteiger partial charge on any atom is -0.494 e. The summed E-state index contributed by atoms with van der Waals surface area (Å²) in [5.41, 5.74) is -0.634. The van der Waals surface area contributed by atoms with E-state index >= 15 is 0 Å². The maximum Gasteiger partial charge on any atom is 0.308 e. The van der Waals surface area contributed by atoms with Crippen LogP contribution in [0.1, 0.15) is 17.3 Å². The van der Waals surface area contributed by atoms with Gasteiger partial charge < -0.3 is 15.5 Å². The van der Waals surface area contributed by atoms with E-state index in [4.69, 9.17) is 10.2 Å². The fourth-order valence-corrected chi connectivity index (χ4v) is 1.09. The average molecular weight is 240 g/mol. The van der Waals surface area contributed by atoms with Gasteiger partial charge in [-0.25, -0.2) is 0 Å². The van der Waals surface area contributed by atoms with Crippen molar-refractivity contribution in [2.45, 2.75) is 6.92 Å². The van der Waals surface area contributed by atoms with Crippen LogP contribution in [0, 0.1) is 5.92 Å². The van der Waals surface area contributed by atoms with Gasteiger partial charge in [-0.15, -0.1) is 0 Å². The van der Waals surface area contributed by atoms with Crippen molar-refractivity contribution in [2.75, 3.05) is 6.54 Å². The van der Waals surface area contributed by atoms with E-state index in [-0.39, 0.29) is 12.1 Å². The predicted octanol–water partition coefficient (Wildman–Crippen LogP) is -0.469. The van der Waals surface area contributed by atoms with Gasteiger partial charge in [0.2, 0.25) is 0 Å². The van der Waals surface area contributed by atoms with Crippen molar-refractivity contribution in [3.63, 3.8) is 0 Å². The number of carboxylic acid groups (broad SMARTS) is 1. The third-order valence-corrected chi connectivity index (χ3v) is 2.08. The van der Waals surface area contributed by atoms with Gasteiger partial charge in [-0.05, 0) is 0 Å². The zero-order valence-electron chi connectivity index (χ0n) is 9.06. The number of pyridine rings is 1. The molecular formula is C10H12N2O5. The Labute approximate surface area is 96.1 Å². The number of aromatic nitrogens is 1. The van der Waals surface area contributed by atoms with Crippen molar-refractivity contribution < 1.29 is 19.8 Å². The second kappa shape index (κ2) is 5.15. The van der Waals surface area contributed by atoms with Crippen molar-refractivity contribution in [3.8, 4) is 5.88 Å². The number of carboxylic acids is 1. The highest BCUT2D eigenvalue weighted by molar-refractivity contribution is 5.94. The molecule has 17 heavy (non-hydrogen) atoms. The first kappa shape index (κ1) is 12.8. The molecule has 92 valence electrons. The zero-order chi connectivity index (χ0) is 13.0. The molecule has 1 aromatic heterocycles. The molecule has 0 aromatic carbocycles. The maximum absolute atomic E-state index is 11.5. The van der Waals surface area contributed by atoms with Gasteiger partial charge >= 0.3 is 5.97 Å². The minimum atomic E-state index is -1.03. The summed E-state index contributed by atoms with van der Waals surface area (Å²) in [5.74, 6) is -2.79. The number of hydrogen-bond acceptors (Lipinski definition) is 4. The van der Waals surface area contributed by atoms with Crippen molar-refractivity contribution in [1.29, 1.82) is 0 Å². The molecule has 0 spiro atoms. The lowest BCUT2D eigenvalue weighted by molar-refractivity contribution is -0.140. The fourth-order valence-electron chi connectivity index (χ4n) is 1.09. The summed E-state index contributed by atoms with van der Waals surface area (Å²) in [5, 5.41) is 20.0. The molecule has 1 atom stereocenters. The van der Waals surface area contributed by atoms with Crippen molar-refractivity contribution in [3.05, 3.63) is 28.0 Å². The molecule has 7 heteroatoms. The van der Waals surface area contributed by atoms with Crippen LogP contribution in [0.4, 0.5) is 0 Å². The molecule has 1 amide bonds. The van der Waals surface area contributed by atoms with Crippen LogP contribution in [0.15, 0.2) is 16.9 Å². The molecule has 0 bridgehead atoms. The number of carbonyl (C=O) groups excluding carboxylic acids is 1. The average Bonchev–Trinajstić information content (AvgIpc) is 2.23. The molecule has 1 heterocycles. The van der Waals surface area contributed by atoms with E-state index in [2.05, 4.69) is 10.3 Å². The van der Waals surface area contributed by atoms with E-state index in [1.165, 1.54) is 6.92 Å². The first-order valence-electron chi connectivity index (χ1n) is 4.84. The largest absolute Gasteiger partial charge is 0.494 e. The molecule has 7 nitrogen and oxygen atoms in total. The highest BCUT2D eigenvalue weighted by Gasteiger charge is 2.13. The lowest BCUT2D eigenvalue weighted by atomic mass is 10.2. The van der Waals surface area contributed by atoms with Crippen LogP contribution in [0.5, 0.6) is 5.88 Å². The Hall–Kier alpha value is -2.31. The van der Waals surface area contributed by atoms with Crippen LogP contribution in [-0.4, -0.2) is 33.6 Å². The molecule has 0 aliphatic rings. The minimum absolute atomic E-state index is 0.0242. The molecule has 0 aliphatic carbocycles. The SMILES string of the molecule is CC(CNC(=O)c1cc(O)[nH]c(=O)c1)C(=O)O. The second-order valence-electron chi connectivity index (χ2n) is 3.57. The number of rotatable bonds is 4. The summed E-state index contributed by atoms with van der Waals surface area (Å²) >= 11 is 0. The van der Waals surface area contributed by atoms with E-state index < -0.39 is 29.2 Å². The number of carbonyl (C=O) groups is 2. The highest BCUT2D eigenvalue weighted by atomic mass is 16.4. The molecule has 4 N–H and O–H groups in total. The van der Waals surface area contributed by atoms with Crippen LogP contribution >= 0.6 is 0 Å². The number of amides is 1. The first-order chi connectivity index (χ1) is 7.90. The summed E-state index contributed by atoms with van der Waals surface area (Å²) in [6, 6.07) is 2.10. The lowest BCUT2D eigenvalue weighted by Gasteiger charge is -2.08. The Morgan fingerprint density at radius 1 is 1.47 bits per heavy atom. The van der Waals surface area contributed by atoms with Gasteiger partial charge in [0.05, 0.1) is 11.5 Å². The highest BCUT2D eigenvalue weighted by Crippen LogP contribution is 2.04. The Bertz CT molecular complexity index is 494. The number of hydrogen-bond donors (Lipinski definition) is 4. The lowest BCUT2D eigenvalue weighted by Crippen LogP contribution is -2.32. The molecular weight excluding hydrogens is 228 g/mol. The Kier molecular flexibility index (Phi) is 3.86. The van der Waals surface area contributed by atoms with Gasteiger partial charge in [0.1, 0.15) is 0 Å². The van der Waals surface area contributed by atoms with Gasteiger partial charge in [0.15, 0.2) is 5.88 Å². The van der Waals surface area contributed by atoms with Gasteiger partial charge in [-0.3, -0.25) is 19.4 Å². The summed E-state index contributed by atoms with van der Waals surface area (Å²) in [4.78, 5) is 35.1. The van der Waals surface area contributed by atoms with E-state index in [1.807, 2.05) is 0 Å². The molecule has 1 aromatic rings. The Balaban J connectivity index is 2.70. The summed E-state index contributed by atoms with van der Waals surface area (Å²) in [6.07, 6.45) is 0. The van der Waals surface area contributed by atoms with Gasteiger partial charge in [-0.2, -0.15) is 0 Å². The van der Waals surface area contributed by atoms with E-state index in [9.17, 15) is 14.4 Å². The smallest absolute Gasteiger partial charge is 0.308 e. The predicted molar refractivity (Wildman–Crippen MR) is 57.9 cm³/mol. The number of aromatic hydroxyl groups is 1. The number of aromatic amines is 1. The van der Waals surface area contributed by atoms with Gasteiger partial charge in [0, 0.05) is 18.7 Å². The number of nitrogens with one attached hydrogen (secondary N) is 2. The maximum atomic E-state index is 11.5. The molecule has 0 aliphatic heterocycles. The van der Waals surface area contributed by atoms with Gasteiger partial charge in [0.25, 0.3) is 11.5 Å².